The van der Waals surface area contributed by atoms with Crippen LogP contribution in [0.5, 0.6) is 0 Å². The molecule has 0 saturated heterocycles. The van der Waals surface area contributed by atoms with E-state index in [1.807, 2.05) is 47.6 Å². The molecule has 30 heavy (non-hydrogen) atoms. The lowest BCUT2D eigenvalue weighted by molar-refractivity contribution is 0.0725. The fraction of sp³-hybridized carbons (Fsp3) is 0.682. The molecule has 7 nitrogen and oxygen atoms in total. The molecule has 1 fully saturated rings. The number of carboxylic acid groups (broad SMARTS) is 1. The van der Waals surface area contributed by atoms with Crippen molar-refractivity contribution in [2.45, 2.75) is 90.8 Å². The average Bonchev–Trinajstić information content (AvgIpc) is 3.20. The monoisotopic (exact) mass is 434 g/mol. The first kappa shape index (κ1) is 22.6. The maximum Gasteiger partial charge on any atom is 0.407 e. The minimum atomic E-state index is -0.991. The van der Waals surface area contributed by atoms with E-state index in [1.165, 1.54) is 35.5 Å². The van der Waals surface area contributed by atoms with E-state index in [9.17, 15) is 14.7 Å². The Morgan fingerprint density at radius 2 is 1.87 bits per heavy atom. The highest BCUT2D eigenvalue weighted by atomic mass is 32.1. The summed E-state index contributed by atoms with van der Waals surface area (Å²) in [4.78, 5) is 27.8. The first-order valence-electron chi connectivity index (χ1n) is 10.7. The molecule has 2 aromatic rings. The first-order valence-corrected chi connectivity index (χ1v) is 11.5. The molecule has 8 heteroatoms. The third-order valence-electron chi connectivity index (χ3n) is 5.76. The highest BCUT2D eigenvalue weighted by molar-refractivity contribution is 7.20. The molecule has 0 atom stereocenters. The van der Waals surface area contributed by atoms with Gasteiger partial charge < -0.3 is 15.3 Å². The zero-order chi connectivity index (χ0) is 22.3. The van der Waals surface area contributed by atoms with Gasteiger partial charge in [-0.15, -0.1) is 11.3 Å². The van der Waals surface area contributed by atoms with Crippen LogP contribution in [0.15, 0.2) is 6.07 Å². The summed E-state index contributed by atoms with van der Waals surface area (Å²) in [6.07, 6.45) is 5.03. The van der Waals surface area contributed by atoms with Crippen molar-refractivity contribution < 1.29 is 14.7 Å². The van der Waals surface area contributed by atoms with E-state index in [-0.39, 0.29) is 12.5 Å². The first-order chi connectivity index (χ1) is 13.9. The second-order valence-corrected chi connectivity index (χ2v) is 11.1. The summed E-state index contributed by atoms with van der Waals surface area (Å²) >= 11 is 1.48. The average molecular weight is 435 g/mol. The van der Waals surface area contributed by atoms with E-state index in [4.69, 9.17) is 5.10 Å². The summed E-state index contributed by atoms with van der Waals surface area (Å²) < 4.78 is 2.13. The Hall–Kier alpha value is -2.09. The summed E-state index contributed by atoms with van der Waals surface area (Å²) in [5, 5.41) is 18.4. The number of aryl methyl sites for hydroxylation is 1. The van der Waals surface area contributed by atoms with Crippen LogP contribution >= 0.6 is 11.3 Å². The van der Waals surface area contributed by atoms with Gasteiger partial charge in [0.05, 0.1) is 22.2 Å². The predicted molar refractivity (Wildman–Crippen MR) is 120 cm³/mol. The van der Waals surface area contributed by atoms with Crippen LogP contribution in [0, 0.1) is 6.92 Å². The topological polar surface area (TPSA) is 87.5 Å². The van der Waals surface area contributed by atoms with Crippen LogP contribution in [0.4, 0.5) is 4.79 Å². The van der Waals surface area contributed by atoms with Crippen molar-refractivity contribution in [3.05, 3.63) is 16.6 Å². The van der Waals surface area contributed by atoms with E-state index in [2.05, 4.69) is 10.00 Å². The van der Waals surface area contributed by atoms with E-state index in [0.29, 0.717) is 10.9 Å². The van der Waals surface area contributed by atoms with Gasteiger partial charge >= 0.3 is 6.09 Å². The standard InChI is InChI=1S/C22H34N4O3S/c1-14-16-12-17(30-19(16)26(24-14)15-10-8-7-9-11-15)18(27)23-22(5,6)13-25(20(28)29)21(2,3)4/h12,15H,7-11,13H2,1-6H3,(H,23,27)(H,28,29). The molecule has 2 amide bonds. The number of carbonyl (C=O) groups is 2. The van der Waals surface area contributed by atoms with Crippen LogP contribution in [0.25, 0.3) is 10.2 Å². The fourth-order valence-corrected chi connectivity index (χ4v) is 5.28. The van der Waals surface area contributed by atoms with Crippen LogP contribution in [-0.4, -0.2) is 49.4 Å². The lowest BCUT2D eigenvalue weighted by atomic mass is 9.96. The predicted octanol–water partition coefficient (Wildman–Crippen LogP) is 5.20. The smallest absolute Gasteiger partial charge is 0.407 e. The number of hydrogen-bond donors (Lipinski definition) is 2. The largest absolute Gasteiger partial charge is 0.465 e. The Morgan fingerprint density at radius 3 is 2.43 bits per heavy atom. The normalized spacial score (nSPS) is 16.1. The lowest BCUT2D eigenvalue weighted by Gasteiger charge is -2.39. The molecule has 2 heterocycles. The minimum absolute atomic E-state index is 0.171. The number of rotatable bonds is 5. The summed E-state index contributed by atoms with van der Waals surface area (Å²) in [5.41, 5.74) is -0.301. The summed E-state index contributed by atoms with van der Waals surface area (Å²) in [5.74, 6) is -0.171. The number of thiophene rings is 1. The van der Waals surface area contributed by atoms with Crippen molar-refractivity contribution in [1.82, 2.24) is 20.0 Å². The van der Waals surface area contributed by atoms with Gasteiger partial charge in [-0.05, 0) is 60.5 Å². The number of aromatic nitrogens is 2. The van der Waals surface area contributed by atoms with Crippen molar-refractivity contribution in [3.8, 4) is 0 Å². The number of fused-ring (bicyclic) bond motifs is 1. The van der Waals surface area contributed by atoms with Gasteiger partial charge in [-0.25, -0.2) is 4.79 Å². The molecule has 2 aromatic heterocycles. The van der Waals surface area contributed by atoms with Crippen LogP contribution in [0.3, 0.4) is 0 Å². The molecular weight excluding hydrogens is 400 g/mol. The summed E-state index contributed by atoms with van der Waals surface area (Å²) in [6.45, 7) is 11.5. The maximum absolute atomic E-state index is 13.0. The Bertz CT molecular complexity index is 932. The quantitative estimate of drug-likeness (QED) is 0.677. The third-order valence-corrected chi connectivity index (χ3v) is 6.88. The van der Waals surface area contributed by atoms with Crippen molar-refractivity contribution in [1.29, 1.82) is 0 Å². The molecule has 0 radical (unpaired) electrons. The van der Waals surface area contributed by atoms with Crippen LogP contribution in [0.1, 0.15) is 88.1 Å². The number of nitrogens with zero attached hydrogens (tertiary/aromatic N) is 3. The van der Waals surface area contributed by atoms with Crippen molar-refractivity contribution in [3.63, 3.8) is 0 Å². The molecule has 3 rings (SSSR count). The molecule has 1 aliphatic carbocycles. The minimum Gasteiger partial charge on any atom is -0.465 e. The van der Waals surface area contributed by atoms with Crippen molar-refractivity contribution >= 4 is 33.6 Å². The van der Waals surface area contributed by atoms with Crippen LogP contribution < -0.4 is 5.32 Å². The molecule has 2 N–H and O–H groups in total. The Labute approximate surface area is 182 Å². The van der Waals surface area contributed by atoms with E-state index >= 15 is 0 Å². The molecule has 0 aromatic carbocycles. The van der Waals surface area contributed by atoms with Gasteiger partial charge in [0.2, 0.25) is 0 Å². The van der Waals surface area contributed by atoms with Crippen LogP contribution in [0.2, 0.25) is 0 Å². The van der Waals surface area contributed by atoms with Crippen molar-refractivity contribution in [2.75, 3.05) is 6.54 Å². The number of amides is 2. The molecular formula is C22H34N4O3S. The zero-order valence-electron chi connectivity index (χ0n) is 18.9. The Morgan fingerprint density at radius 1 is 1.23 bits per heavy atom. The lowest BCUT2D eigenvalue weighted by Crippen LogP contribution is -2.57. The van der Waals surface area contributed by atoms with Gasteiger partial charge in [0.25, 0.3) is 5.91 Å². The van der Waals surface area contributed by atoms with Crippen LogP contribution in [-0.2, 0) is 0 Å². The number of hydrogen-bond acceptors (Lipinski definition) is 4. The molecule has 0 bridgehead atoms. The SMILES string of the molecule is Cc1nn(C2CCCCC2)c2sc(C(=O)NC(C)(C)CN(C(=O)O)C(C)(C)C)cc12. The molecule has 1 aliphatic rings. The van der Waals surface area contributed by atoms with Gasteiger partial charge in [-0.3, -0.25) is 9.48 Å². The highest BCUT2D eigenvalue weighted by Crippen LogP contribution is 2.35. The van der Waals surface area contributed by atoms with Gasteiger partial charge in [0.15, 0.2) is 0 Å². The maximum atomic E-state index is 13.0. The van der Waals surface area contributed by atoms with Gasteiger partial charge in [0.1, 0.15) is 4.83 Å². The molecule has 166 valence electrons. The number of carbonyl (C=O) groups excluding carboxylic acids is 1. The summed E-state index contributed by atoms with van der Waals surface area (Å²) in [6, 6.07) is 2.34. The van der Waals surface area contributed by atoms with Gasteiger partial charge in [-0.2, -0.15) is 5.10 Å². The van der Waals surface area contributed by atoms with E-state index in [1.54, 1.807) is 0 Å². The molecule has 0 spiro atoms. The van der Waals surface area contributed by atoms with Gasteiger partial charge in [0, 0.05) is 17.5 Å². The second-order valence-electron chi connectivity index (χ2n) is 10.0. The molecule has 1 saturated carbocycles. The number of nitrogens with one attached hydrogen (secondary N) is 1. The molecule has 0 aliphatic heterocycles. The summed E-state index contributed by atoms with van der Waals surface area (Å²) in [7, 11) is 0. The fourth-order valence-electron chi connectivity index (χ4n) is 4.15. The van der Waals surface area contributed by atoms with E-state index < -0.39 is 17.2 Å². The zero-order valence-corrected chi connectivity index (χ0v) is 19.7. The Kier molecular flexibility index (Phi) is 6.18. The molecule has 0 unspecified atom stereocenters. The van der Waals surface area contributed by atoms with Crippen molar-refractivity contribution in [2.24, 2.45) is 0 Å². The van der Waals surface area contributed by atoms with Gasteiger partial charge in [-0.1, -0.05) is 19.3 Å². The van der Waals surface area contributed by atoms with E-state index in [0.717, 1.165) is 28.8 Å². The highest BCUT2D eigenvalue weighted by Gasteiger charge is 2.33. The third kappa shape index (κ3) is 4.79. The Balaban J connectivity index is 1.80. The second kappa shape index (κ2) is 8.21.